The zero-order chi connectivity index (χ0) is 13.9. The van der Waals surface area contributed by atoms with Crippen LogP contribution in [0.4, 0.5) is 11.4 Å². The molecule has 0 saturated heterocycles. The second-order valence-corrected chi connectivity index (χ2v) is 4.76. The quantitative estimate of drug-likeness (QED) is 0.711. The van der Waals surface area contributed by atoms with Crippen molar-refractivity contribution in [1.29, 1.82) is 0 Å². The molecule has 2 aromatic heterocycles. The number of aryl methyl sites for hydroxylation is 1. The SMILES string of the molecule is Cn1nccc1CCNc1ccnc2cc(N)ccc12. The van der Waals surface area contributed by atoms with Gasteiger partial charge >= 0.3 is 0 Å². The van der Waals surface area contributed by atoms with Gasteiger partial charge in [0.15, 0.2) is 0 Å². The van der Waals surface area contributed by atoms with E-state index in [1.165, 1.54) is 5.69 Å². The van der Waals surface area contributed by atoms with Gasteiger partial charge < -0.3 is 11.1 Å². The summed E-state index contributed by atoms with van der Waals surface area (Å²) >= 11 is 0. The van der Waals surface area contributed by atoms with E-state index < -0.39 is 0 Å². The predicted octanol–water partition coefficient (Wildman–Crippen LogP) is 2.21. The first kappa shape index (κ1) is 12.5. The van der Waals surface area contributed by atoms with Crippen molar-refractivity contribution in [3.8, 4) is 0 Å². The Labute approximate surface area is 117 Å². The largest absolute Gasteiger partial charge is 0.399 e. The molecule has 0 fully saturated rings. The lowest BCUT2D eigenvalue weighted by Gasteiger charge is -2.10. The van der Waals surface area contributed by atoms with E-state index in [0.29, 0.717) is 0 Å². The van der Waals surface area contributed by atoms with Gasteiger partial charge in [-0.3, -0.25) is 9.67 Å². The van der Waals surface area contributed by atoms with Crippen LogP contribution in [-0.2, 0) is 13.5 Å². The van der Waals surface area contributed by atoms with Crippen molar-refractivity contribution < 1.29 is 0 Å². The van der Waals surface area contributed by atoms with Crippen molar-refractivity contribution in [1.82, 2.24) is 14.8 Å². The highest BCUT2D eigenvalue weighted by molar-refractivity contribution is 5.92. The average molecular weight is 267 g/mol. The van der Waals surface area contributed by atoms with Gasteiger partial charge in [-0.1, -0.05) is 0 Å². The summed E-state index contributed by atoms with van der Waals surface area (Å²) in [6, 6.07) is 9.82. The minimum atomic E-state index is 0.733. The molecule has 3 N–H and O–H groups in total. The molecule has 0 aliphatic carbocycles. The molecule has 0 atom stereocenters. The van der Waals surface area contributed by atoms with Gasteiger partial charge in [-0.25, -0.2) is 0 Å². The minimum absolute atomic E-state index is 0.733. The third kappa shape index (κ3) is 2.42. The Balaban J connectivity index is 1.76. The van der Waals surface area contributed by atoms with E-state index in [-0.39, 0.29) is 0 Å². The van der Waals surface area contributed by atoms with Gasteiger partial charge in [0.1, 0.15) is 0 Å². The van der Waals surface area contributed by atoms with E-state index >= 15 is 0 Å². The Morgan fingerprint density at radius 3 is 2.90 bits per heavy atom. The normalized spacial score (nSPS) is 10.8. The van der Waals surface area contributed by atoms with E-state index in [1.54, 1.807) is 6.20 Å². The summed E-state index contributed by atoms with van der Waals surface area (Å²) in [5.41, 5.74) is 9.72. The first-order valence-electron chi connectivity index (χ1n) is 6.59. The van der Waals surface area contributed by atoms with Gasteiger partial charge in [-0.05, 0) is 30.3 Å². The molecule has 0 saturated carbocycles. The molecule has 5 nitrogen and oxygen atoms in total. The van der Waals surface area contributed by atoms with Gasteiger partial charge in [0.2, 0.25) is 0 Å². The Kier molecular flexibility index (Phi) is 3.25. The fourth-order valence-corrected chi connectivity index (χ4v) is 2.29. The van der Waals surface area contributed by atoms with E-state index in [9.17, 15) is 0 Å². The van der Waals surface area contributed by atoms with E-state index in [2.05, 4.69) is 15.4 Å². The smallest absolute Gasteiger partial charge is 0.0743 e. The zero-order valence-corrected chi connectivity index (χ0v) is 11.4. The summed E-state index contributed by atoms with van der Waals surface area (Å²) in [6.45, 7) is 0.850. The van der Waals surface area contributed by atoms with Crippen LogP contribution in [0.5, 0.6) is 0 Å². The molecule has 5 heteroatoms. The number of aromatic nitrogens is 3. The fraction of sp³-hybridized carbons (Fsp3) is 0.200. The number of nitrogen functional groups attached to an aromatic ring is 1. The van der Waals surface area contributed by atoms with Crippen LogP contribution in [0.2, 0.25) is 0 Å². The number of fused-ring (bicyclic) bond motifs is 1. The van der Waals surface area contributed by atoms with Crippen molar-refractivity contribution in [2.24, 2.45) is 7.05 Å². The number of nitrogens with two attached hydrogens (primary N) is 1. The molecule has 1 aromatic carbocycles. The predicted molar refractivity (Wildman–Crippen MR) is 81.6 cm³/mol. The molecule has 0 spiro atoms. The molecule has 0 aliphatic rings. The van der Waals surface area contributed by atoms with Crippen LogP contribution in [0, 0.1) is 0 Å². The summed E-state index contributed by atoms with van der Waals surface area (Å²) in [5, 5.41) is 8.71. The average Bonchev–Trinajstić information content (AvgIpc) is 2.84. The minimum Gasteiger partial charge on any atom is -0.399 e. The Hall–Kier alpha value is -2.56. The molecule has 0 amide bonds. The molecular formula is C15H17N5. The molecular weight excluding hydrogens is 250 g/mol. The van der Waals surface area contributed by atoms with Crippen LogP contribution in [0.1, 0.15) is 5.69 Å². The molecule has 0 bridgehead atoms. The van der Waals surface area contributed by atoms with E-state index in [1.807, 2.05) is 48.3 Å². The van der Waals surface area contributed by atoms with Crippen molar-refractivity contribution >= 4 is 22.3 Å². The van der Waals surface area contributed by atoms with Crippen LogP contribution in [0.3, 0.4) is 0 Å². The monoisotopic (exact) mass is 267 g/mol. The fourth-order valence-electron chi connectivity index (χ4n) is 2.29. The van der Waals surface area contributed by atoms with Gasteiger partial charge in [0.05, 0.1) is 5.52 Å². The molecule has 3 rings (SSSR count). The van der Waals surface area contributed by atoms with Gasteiger partial charge in [0.25, 0.3) is 0 Å². The number of pyridine rings is 1. The Morgan fingerprint density at radius 1 is 1.20 bits per heavy atom. The van der Waals surface area contributed by atoms with E-state index in [4.69, 9.17) is 5.73 Å². The molecule has 20 heavy (non-hydrogen) atoms. The summed E-state index contributed by atoms with van der Waals surface area (Å²) in [6.07, 6.45) is 4.55. The van der Waals surface area contributed by atoms with Crippen LogP contribution < -0.4 is 11.1 Å². The third-order valence-corrected chi connectivity index (χ3v) is 3.39. The highest BCUT2D eigenvalue weighted by Gasteiger charge is 2.03. The number of hydrogen-bond acceptors (Lipinski definition) is 4. The Morgan fingerprint density at radius 2 is 2.10 bits per heavy atom. The number of hydrogen-bond donors (Lipinski definition) is 2. The number of nitrogens with one attached hydrogen (secondary N) is 1. The first-order chi connectivity index (χ1) is 9.74. The lowest BCUT2D eigenvalue weighted by atomic mass is 10.1. The molecule has 0 radical (unpaired) electrons. The maximum Gasteiger partial charge on any atom is 0.0743 e. The summed E-state index contributed by atoms with van der Waals surface area (Å²) in [4.78, 5) is 4.34. The molecule has 2 heterocycles. The lowest BCUT2D eigenvalue weighted by molar-refractivity contribution is 0.711. The van der Waals surface area contributed by atoms with Crippen LogP contribution in [-0.4, -0.2) is 21.3 Å². The van der Waals surface area contributed by atoms with Crippen LogP contribution >= 0.6 is 0 Å². The zero-order valence-electron chi connectivity index (χ0n) is 11.4. The number of benzene rings is 1. The second-order valence-electron chi connectivity index (χ2n) is 4.76. The first-order valence-corrected chi connectivity index (χ1v) is 6.59. The van der Waals surface area contributed by atoms with Gasteiger partial charge in [-0.15, -0.1) is 0 Å². The van der Waals surface area contributed by atoms with Crippen molar-refractivity contribution in [2.45, 2.75) is 6.42 Å². The maximum absolute atomic E-state index is 5.78. The van der Waals surface area contributed by atoms with Crippen LogP contribution in [0.25, 0.3) is 10.9 Å². The maximum atomic E-state index is 5.78. The Bertz CT molecular complexity index is 732. The molecule has 3 aromatic rings. The summed E-state index contributed by atoms with van der Waals surface area (Å²) in [5.74, 6) is 0. The van der Waals surface area contributed by atoms with Crippen molar-refractivity contribution in [3.05, 3.63) is 48.4 Å². The van der Waals surface area contributed by atoms with E-state index in [0.717, 1.165) is 35.2 Å². The van der Waals surface area contributed by atoms with Gasteiger partial charge in [0, 0.05) is 54.9 Å². The molecule has 0 unspecified atom stereocenters. The summed E-state index contributed by atoms with van der Waals surface area (Å²) in [7, 11) is 1.96. The van der Waals surface area contributed by atoms with Crippen molar-refractivity contribution in [3.63, 3.8) is 0 Å². The number of rotatable bonds is 4. The molecule has 102 valence electrons. The van der Waals surface area contributed by atoms with Crippen LogP contribution in [0.15, 0.2) is 42.7 Å². The van der Waals surface area contributed by atoms with Crippen molar-refractivity contribution in [2.75, 3.05) is 17.6 Å². The summed E-state index contributed by atoms with van der Waals surface area (Å²) < 4.78 is 1.90. The lowest BCUT2D eigenvalue weighted by Crippen LogP contribution is -2.08. The highest BCUT2D eigenvalue weighted by atomic mass is 15.3. The standard InChI is InChI=1S/C15H17N5/c1-20-12(5-9-19-20)4-7-17-14-6-8-18-15-10-11(16)2-3-13(14)15/h2-3,5-6,8-10H,4,7,16H2,1H3,(H,17,18). The highest BCUT2D eigenvalue weighted by Crippen LogP contribution is 2.23. The third-order valence-electron chi connectivity index (χ3n) is 3.39. The molecule has 0 aliphatic heterocycles. The second kappa shape index (κ2) is 5.21. The van der Waals surface area contributed by atoms with Gasteiger partial charge in [-0.2, -0.15) is 5.10 Å². The topological polar surface area (TPSA) is 68.8 Å². The number of anilines is 2. The number of nitrogens with zero attached hydrogens (tertiary/aromatic N) is 3.